The molecule has 132 valence electrons. The van der Waals surface area contributed by atoms with Crippen molar-refractivity contribution in [3.63, 3.8) is 0 Å². The number of ether oxygens (including phenoxy) is 1. The van der Waals surface area contributed by atoms with E-state index in [1.165, 1.54) is 29.7 Å². The minimum absolute atomic E-state index is 0.213. The molecule has 1 aromatic rings. The Morgan fingerprint density at radius 1 is 1.33 bits per heavy atom. The lowest BCUT2D eigenvalue weighted by atomic mass is 9.95. The molecule has 0 spiro atoms. The fourth-order valence-corrected chi connectivity index (χ4v) is 5.09. The van der Waals surface area contributed by atoms with E-state index in [4.69, 9.17) is 17.0 Å². The third kappa shape index (κ3) is 3.75. The Bertz CT molecular complexity index is 619. The number of nitrogens with one attached hydrogen (secondary N) is 1. The topological polar surface area (TPSA) is 41.6 Å². The van der Waals surface area contributed by atoms with Crippen LogP contribution in [0, 0.1) is 5.92 Å². The summed E-state index contributed by atoms with van der Waals surface area (Å²) in [6.07, 6.45) is 6.71. The summed E-state index contributed by atoms with van der Waals surface area (Å²) in [7, 11) is 0. The summed E-state index contributed by atoms with van der Waals surface area (Å²) in [5.74, 6) is 0.558. The number of esters is 1. The normalized spacial score (nSPS) is 18.2. The molecule has 3 rings (SSSR count). The molecule has 24 heavy (non-hydrogen) atoms. The second-order valence-corrected chi connectivity index (χ2v) is 8.23. The van der Waals surface area contributed by atoms with Crippen LogP contribution in [0.3, 0.4) is 0 Å². The van der Waals surface area contributed by atoms with Gasteiger partial charge in [-0.3, -0.25) is 0 Å². The number of hydrogen-bond acceptors (Lipinski definition) is 4. The van der Waals surface area contributed by atoms with E-state index < -0.39 is 0 Å². The highest BCUT2D eigenvalue weighted by Crippen LogP contribution is 2.38. The van der Waals surface area contributed by atoms with Crippen molar-refractivity contribution in [2.75, 3.05) is 25.0 Å². The number of anilines is 1. The lowest BCUT2D eigenvalue weighted by Crippen LogP contribution is -2.40. The number of likely N-dealkylation sites (tertiary alicyclic amines) is 1. The van der Waals surface area contributed by atoms with Crippen LogP contribution in [0.1, 0.15) is 60.3 Å². The van der Waals surface area contributed by atoms with E-state index in [0.717, 1.165) is 53.9 Å². The Labute approximate surface area is 153 Å². The first kappa shape index (κ1) is 17.7. The van der Waals surface area contributed by atoms with E-state index in [1.54, 1.807) is 11.3 Å². The molecule has 2 aliphatic rings. The predicted octanol–water partition coefficient (Wildman–Crippen LogP) is 4.23. The van der Waals surface area contributed by atoms with Gasteiger partial charge in [0.1, 0.15) is 5.00 Å². The molecule has 1 aromatic heterocycles. The fraction of sp³-hybridized carbons (Fsp3) is 0.667. The number of carbonyl (C=O) groups is 1. The summed E-state index contributed by atoms with van der Waals surface area (Å²) < 4.78 is 5.30. The van der Waals surface area contributed by atoms with Gasteiger partial charge in [-0.2, -0.15) is 0 Å². The summed E-state index contributed by atoms with van der Waals surface area (Å²) in [5, 5.41) is 4.99. The Balaban J connectivity index is 1.80. The van der Waals surface area contributed by atoms with Crippen LogP contribution in [0.5, 0.6) is 0 Å². The van der Waals surface area contributed by atoms with Crippen LogP contribution in [0.4, 0.5) is 5.00 Å². The molecule has 0 bridgehead atoms. The Morgan fingerprint density at radius 3 is 2.75 bits per heavy atom. The third-order valence-electron chi connectivity index (χ3n) is 4.94. The van der Waals surface area contributed by atoms with Crippen LogP contribution in [0.2, 0.25) is 0 Å². The number of nitrogens with zero attached hydrogens (tertiary/aromatic N) is 1. The van der Waals surface area contributed by atoms with Gasteiger partial charge < -0.3 is 15.0 Å². The Kier molecular flexibility index (Phi) is 5.76. The predicted molar refractivity (Wildman–Crippen MR) is 103 cm³/mol. The maximum atomic E-state index is 12.5. The van der Waals surface area contributed by atoms with Gasteiger partial charge in [0.05, 0.1) is 12.2 Å². The van der Waals surface area contributed by atoms with Gasteiger partial charge in [0.15, 0.2) is 5.11 Å². The number of hydrogen-bond donors (Lipinski definition) is 1. The first-order valence-electron chi connectivity index (χ1n) is 8.97. The maximum Gasteiger partial charge on any atom is 0.341 e. The van der Waals surface area contributed by atoms with Crippen molar-refractivity contribution in [3.05, 3.63) is 16.0 Å². The second kappa shape index (κ2) is 7.83. The first-order chi connectivity index (χ1) is 11.6. The first-order valence-corrected chi connectivity index (χ1v) is 10.2. The molecule has 0 unspecified atom stereocenters. The summed E-state index contributed by atoms with van der Waals surface area (Å²) in [5.41, 5.74) is 1.91. The molecule has 0 aromatic carbocycles. The van der Waals surface area contributed by atoms with E-state index >= 15 is 0 Å². The zero-order chi connectivity index (χ0) is 17.1. The zero-order valence-electron chi connectivity index (χ0n) is 14.5. The van der Waals surface area contributed by atoms with Gasteiger partial charge in [-0.05, 0) is 69.1 Å². The summed E-state index contributed by atoms with van der Waals surface area (Å²) in [4.78, 5) is 16.0. The SMILES string of the molecule is CCOC(=O)c1c(NC(=S)N2CCC(C)CC2)sc2c1CCCC2. The monoisotopic (exact) mass is 366 g/mol. The highest BCUT2D eigenvalue weighted by molar-refractivity contribution is 7.80. The molecule has 1 aliphatic carbocycles. The molecule has 0 radical (unpaired) electrons. The van der Waals surface area contributed by atoms with Gasteiger partial charge in [0.2, 0.25) is 0 Å². The molecule has 4 nitrogen and oxygen atoms in total. The average Bonchev–Trinajstić information content (AvgIpc) is 2.93. The van der Waals surface area contributed by atoms with Crippen LogP contribution >= 0.6 is 23.6 Å². The summed E-state index contributed by atoms with van der Waals surface area (Å²) in [6.45, 7) is 6.53. The molecule has 1 aliphatic heterocycles. The molecule has 1 saturated heterocycles. The fourth-order valence-electron chi connectivity index (χ4n) is 3.46. The van der Waals surface area contributed by atoms with Gasteiger partial charge in [-0.25, -0.2) is 4.79 Å². The van der Waals surface area contributed by atoms with E-state index in [0.29, 0.717) is 6.61 Å². The molecule has 0 amide bonds. The van der Waals surface area contributed by atoms with E-state index in [1.807, 2.05) is 6.92 Å². The van der Waals surface area contributed by atoms with Gasteiger partial charge in [0, 0.05) is 18.0 Å². The molecule has 0 atom stereocenters. The van der Waals surface area contributed by atoms with Gasteiger partial charge in [-0.15, -0.1) is 11.3 Å². The van der Waals surface area contributed by atoms with Crippen LogP contribution in [0.15, 0.2) is 0 Å². The number of carbonyl (C=O) groups excluding carboxylic acids is 1. The summed E-state index contributed by atoms with van der Waals surface area (Å²) in [6, 6.07) is 0. The van der Waals surface area contributed by atoms with Crippen molar-refractivity contribution >= 4 is 39.6 Å². The van der Waals surface area contributed by atoms with Crippen LogP contribution in [-0.4, -0.2) is 35.7 Å². The largest absolute Gasteiger partial charge is 0.462 e. The number of thiophene rings is 1. The van der Waals surface area contributed by atoms with Crippen molar-refractivity contribution in [1.82, 2.24) is 4.90 Å². The van der Waals surface area contributed by atoms with Crippen molar-refractivity contribution in [2.24, 2.45) is 5.92 Å². The minimum Gasteiger partial charge on any atom is -0.462 e. The highest BCUT2D eigenvalue weighted by Gasteiger charge is 2.28. The third-order valence-corrected chi connectivity index (χ3v) is 6.51. The summed E-state index contributed by atoms with van der Waals surface area (Å²) >= 11 is 7.30. The molecule has 0 saturated carbocycles. The van der Waals surface area contributed by atoms with Crippen LogP contribution < -0.4 is 5.32 Å². The van der Waals surface area contributed by atoms with E-state index in [-0.39, 0.29) is 5.97 Å². The number of piperidine rings is 1. The quantitative estimate of drug-likeness (QED) is 0.640. The van der Waals surface area contributed by atoms with E-state index in [9.17, 15) is 4.79 Å². The van der Waals surface area contributed by atoms with Crippen LogP contribution in [0.25, 0.3) is 0 Å². The van der Waals surface area contributed by atoms with Crippen LogP contribution in [-0.2, 0) is 17.6 Å². The number of thiocarbonyl (C=S) groups is 1. The Hall–Kier alpha value is -1.14. The van der Waals surface area contributed by atoms with Crippen molar-refractivity contribution in [1.29, 1.82) is 0 Å². The highest BCUT2D eigenvalue weighted by atomic mass is 32.1. The van der Waals surface area contributed by atoms with Gasteiger partial charge >= 0.3 is 5.97 Å². The zero-order valence-corrected chi connectivity index (χ0v) is 16.2. The minimum atomic E-state index is -0.213. The van der Waals surface area contributed by atoms with Crippen molar-refractivity contribution in [3.8, 4) is 0 Å². The number of fused-ring (bicyclic) bond motifs is 1. The molecule has 2 heterocycles. The lowest BCUT2D eigenvalue weighted by molar-refractivity contribution is 0.0526. The molecule has 1 N–H and O–H groups in total. The van der Waals surface area contributed by atoms with Gasteiger partial charge in [0.25, 0.3) is 0 Å². The van der Waals surface area contributed by atoms with Gasteiger partial charge in [-0.1, -0.05) is 6.92 Å². The van der Waals surface area contributed by atoms with Crippen molar-refractivity contribution in [2.45, 2.75) is 52.4 Å². The number of rotatable bonds is 3. The smallest absolute Gasteiger partial charge is 0.341 e. The Morgan fingerprint density at radius 2 is 2.04 bits per heavy atom. The maximum absolute atomic E-state index is 12.5. The standard InChI is InChI=1S/C18H26N2O2S2/c1-3-22-17(21)15-13-6-4-5-7-14(13)24-16(15)19-18(23)20-10-8-12(2)9-11-20/h12H,3-11H2,1-2H3,(H,19,23). The van der Waals surface area contributed by atoms with E-state index in [2.05, 4.69) is 17.1 Å². The molecule has 1 fully saturated rings. The lowest BCUT2D eigenvalue weighted by Gasteiger charge is -2.32. The molecular weight excluding hydrogens is 340 g/mol. The van der Waals surface area contributed by atoms with Crippen molar-refractivity contribution < 1.29 is 9.53 Å². The second-order valence-electron chi connectivity index (χ2n) is 6.74. The average molecular weight is 367 g/mol. The molecular formula is C18H26N2O2S2. The molecule has 6 heteroatoms. The number of aryl methyl sites for hydroxylation is 1.